The molecule has 8 atom stereocenters. The van der Waals surface area contributed by atoms with Crippen molar-refractivity contribution in [2.75, 3.05) is 6.61 Å². The van der Waals surface area contributed by atoms with Gasteiger partial charge in [0.25, 0.3) is 0 Å². The molecule has 1 N–H and O–H groups in total. The Morgan fingerprint density at radius 2 is 1.63 bits per heavy atom. The second-order valence-corrected chi connectivity index (χ2v) is 18.5. The fraction of sp³-hybridized carbons (Fsp3) is 0.722. The fourth-order valence-corrected chi connectivity index (χ4v) is 10.3. The lowest BCUT2D eigenvalue weighted by Gasteiger charge is -2.48. The first-order valence-electron chi connectivity index (χ1n) is 16.5. The van der Waals surface area contributed by atoms with Crippen molar-refractivity contribution in [3.8, 4) is 11.5 Å². The largest absolute Gasteiger partial charge is 0.508 e. The molecule has 1 aromatic carbocycles. The van der Waals surface area contributed by atoms with E-state index in [0.29, 0.717) is 24.4 Å². The highest BCUT2D eigenvalue weighted by Gasteiger charge is 2.46. The molecule has 0 spiro atoms. The van der Waals surface area contributed by atoms with E-state index in [4.69, 9.17) is 13.9 Å². The summed E-state index contributed by atoms with van der Waals surface area (Å²) in [6.07, 6.45) is 6.67. The van der Waals surface area contributed by atoms with Crippen LogP contribution in [0.25, 0.3) is 0 Å². The van der Waals surface area contributed by atoms with E-state index in [1.54, 1.807) is 0 Å². The number of benzene rings is 1. The van der Waals surface area contributed by atoms with Crippen LogP contribution in [0.1, 0.15) is 105 Å². The van der Waals surface area contributed by atoms with Gasteiger partial charge in [-0.05, 0) is 98.7 Å². The Balaban J connectivity index is 2.05. The number of allylic oxidation sites excluding steroid dienone is 2. The van der Waals surface area contributed by atoms with Gasteiger partial charge in [0.1, 0.15) is 18.1 Å². The lowest BCUT2D eigenvalue weighted by molar-refractivity contribution is -0.164. The van der Waals surface area contributed by atoms with E-state index < -0.39 is 8.32 Å². The van der Waals surface area contributed by atoms with E-state index in [1.165, 1.54) is 5.57 Å². The van der Waals surface area contributed by atoms with Crippen LogP contribution in [0.3, 0.4) is 0 Å². The zero-order valence-electron chi connectivity index (χ0n) is 27.9. The summed E-state index contributed by atoms with van der Waals surface area (Å²) in [5.41, 5.74) is 4.34. The zero-order chi connectivity index (χ0) is 30.5. The number of ether oxygens (including phenoxy) is 2. The highest BCUT2D eigenvalue weighted by atomic mass is 28.4. The minimum atomic E-state index is -1.85. The van der Waals surface area contributed by atoms with Gasteiger partial charge in [0.2, 0.25) is 0 Å². The molecular formula is C36H60O4Si. The van der Waals surface area contributed by atoms with E-state index in [0.717, 1.165) is 66.3 Å². The first kappa shape index (κ1) is 33.9. The molecule has 0 amide bonds. The molecule has 232 valence electrons. The van der Waals surface area contributed by atoms with E-state index in [1.807, 2.05) is 19.1 Å². The molecule has 0 aliphatic carbocycles. The number of fused-ring (bicyclic) bond motifs is 5. The molecule has 41 heavy (non-hydrogen) atoms. The number of hydrogen-bond acceptors (Lipinski definition) is 4. The van der Waals surface area contributed by atoms with Crippen LogP contribution in [0.5, 0.6) is 11.5 Å². The van der Waals surface area contributed by atoms with Crippen LogP contribution >= 0.6 is 0 Å². The summed E-state index contributed by atoms with van der Waals surface area (Å²) in [6, 6.07) is 7.25. The second-order valence-electron chi connectivity index (χ2n) is 13.8. The van der Waals surface area contributed by atoms with E-state index in [-0.39, 0.29) is 35.9 Å². The van der Waals surface area contributed by atoms with E-state index >= 15 is 0 Å². The molecule has 2 aliphatic rings. The topological polar surface area (TPSA) is 47.9 Å². The van der Waals surface area contributed by atoms with Crippen molar-refractivity contribution in [2.24, 2.45) is 29.6 Å². The van der Waals surface area contributed by atoms with Gasteiger partial charge in [-0.3, -0.25) is 0 Å². The summed E-state index contributed by atoms with van der Waals surface area (Å²) in [7, 11) is -1.85. The summed E-state index contributed by atoms with van der Waals surface area (Å²) in [5, 5.41) is 11.3. The van der Waals surface area contributed by atoms with Crippen LogP contribution in [-0.2, 0) is 9.16 Å². The Morgan fingerprint density at radius 3 is 2.27 bits per heavy atom. The van der Waals surface area contributed by atoms with E-state index in [9.17, 15) is 5.11 Å². The molecule has 0 radical (unpaired) electrons. The summed E-state index contributed by atoms with van der Waals surface area (Å²) in [6.45, 7) is 27.6. The quantitative estimate of drug-likeness (QED) is 0.276. The predicted molar refractivity (Wildman–Crippen MR) is 175 cm³/mol. The van der Waals surface area contributed by atoms with Crippen LogP contribution in [0.2, 0.25) is 18.1 Å². The number of rotatable bonds is 5. The third kappa shape index (κ3) is 8.29. The van der Waals surface area contributed by atoms with Gasteiger partial charge in [-0.2, -0.15) is 0 Å². The van der Waals surface area contributed by atoms with Crippen molar-refractivity contribution in [3.63, 3.8) is 0 Å². The lowest BCUT2D eigenvalue weighted by Crippen LogP contribution is -2.52. The number of phenolic OH excluding ortho intramolecular Hbond substituents is 1. The predicted octanol–water partition coefficient (Wildman–Crippen LogP) is 10.2. The van der Waals surface area contributed by atoms with Gasteiger partial charge >= 0.3 is 0 Å². The Bertz CT molecular complexity index is 1040. The number of phenols is 1. The molecule has 2 heterocycles. The van der Waals surface area contributed by atoms with E-state index in [2.05, 4.69) is 75.0 Å². The summed E-state index contributed by atoms with van der Waals surface area (Å²) in [4.78, 5) is 0. The fourth-order valence-electron chi connectivity index (χ4n) is 7.34. The molecule has 0 unspecified atom stereocenters. The normalized spacial score (nSPS) is 33.7. The molecule has 2 aliphatic heterocycles. The van der Waals surface area contributed by atoms with Crippen molar-refractivity contribution in [1.29, 1.82) is 0 Å². The van der Waals surface area contributed by atoms with Gasteiger partial charge in [0, 0.05) is 17.4 Å². The van der Waals surface area contributed by atoms with Gasteiger partial charge in [-0.25, -0.2) is 0 Å². The molecule has 4 bridgehead atoms. The van der Waals surface area contributed by atoms with Crippen molar-refractivity contribution in [1.82, 2.24) is 0 Å². The molecule has 0 saturated carbocycles. The smallest absolute Gasteiger partial charge is 0.192 e. The Morgan fingerprint density at radius 1 is 0.976 bits per heavy atom. The Hall–Kier alpha value is -1.56. The molecule has 3 rings (SSSR count). The van der Waals surface area contributed by atoms with Crippen LogP contribution in [0, 0.1) is 36.5 Å². The van der Waals surface area contributed by atoms with Crippen LogP contribution in [0.15, 0.2) is 35.9 Å². The minimum absolute atomic E-state index is 0.0677. The molecule has 0 aromatic heterocycles. The lowest BCUT2D eigenvalue weighted by atomic mass is 9.78. The number of hydrogen-bond donors (Lipinski definition) is 1. The maximum absolute atomic E-state index is 11.3. The van der Waals surface area contributed by atoms with Crippen molar-refractivity contribution >= 4 is 8.32 Å². The van der Waals surface area contributed by atoms with Crippen LogP contribution < -0.4 is 4.74 Å². The second kappa shape index (κ2) is 14.7. The standard InChI is InChI=1S/C36H60O4Si/c1-12-41(13-2,14-3)40-35-29(10)33-16-15-23(4)17-24(5)18-25(6)19-26(7)28(9)22-38-34-21-31(32(37)20-27(34)8)36(39-33)30(35)11/h17,20-21,23,25-26,29-30,33,35-37H,9,12-16,18-19,22H2,1-8,10-11H3/b24-17+/t23-,25+,26-,29-,30+,33+,35-,36+/m0/s1. The number of aromatic hydroxyl groups is 1. The third-order valence-corrected chi connectivity index (χ3v) is 15.0. The molecule has 4 nitrogen and oxygen atoms in total. The molecule has 1 saturated heterocycles. The minimum Gasteiger partial charge on any atom is -0.508 e. The number of aryl methyl sites for hydroxylation is 1. The third-order valence-electron chi connectivity index (χ3n) is 10.4. The monoisotopic (exact) mass is 584 g/mol. The van der Waals surface area contributed by atoms with Gasteiger partial charge < -0.3 is 19.0 Å². The average Bonchev–Trinajstić information content (AvgIpc) is 2.92. The average molecular weight is 585 g/mol. The zero-order valence-corrected chi connectivity index (χ0v) is 28.9. The molecule has 1 fully saturated rings. The molecule has 1 aromatic rings. The van der Waals surface area contributed by atoms with Gasteiger partial charge in [-0.1, -0.05) is 73.6 Å². The van der Waals surface area contributed by atoms with Gasteiger partial charge in [-0.15, -0.1) is 0 Å². The van der Waals surface area contributed by atoms with Gasteiger partial charge in [0.15, 0.2) is 8.32 Å². The summed E-state index contributed by atoms with van der Waals surface area (Å²) < 4.78 is 20.6. The summed E-state index contributed by atoms with van der Waals surface area (Å²) in [5.74, 6) is 2.95. The first-order chi connectivity index (χ1) is 19.3. The highest BCUT2D eigenvalue weighted by molar-refractivity contribution is 6.73. The van der Waals surface area contributed by atoms with Crippen molar-refractivity contribution in [2.45, 2.75) is 131 Å². The van der Waals surface area contributed by atoms with Crippen molar-refractivity contribution in [3.05, 3.63) is 47.1 Å². The highest BCUT2D eigenvalue weighted by Crippen LogP contribution is 2.47. The van der Waals surface area contributed by atoms with Crippen LogP contribution in [0.4, 0.5) is 0 Å². The van der Waals surface area contributed by atoms with Crippen LogP contribution in [-0.4, -0.2) is 32.2 Å². The van der Waals surface area contributed by atoms with Crippen molar-refractivity contribution < 1.29 is 19.0 Å². The SMILES string of the molecule is C=C1COc2cc(c(O)cc2C)[C@@H]2O[C@H](CC[C@H](C)/C=C(\C)C[C@@H](C)C[C@@H]1C)[C@H](C)[C@H](O[Si](CC)(CC)CC)[C@H]2C. The maximum atomic E-state index is 11.3. The first-order valence-corrected chi connectivity index (χ1v) is 19.0. The molecule has 5 heteroatoms. The Kier molecular flexibility index (Phi) is 12.2. The maximum Gasteiger partial charge on any atom is 0.192 e. The van der Waals surface area contributed by atoms with Gasteiger partial charge in [0.05, 0.1) is 18.3 Å². The summed E-state index contributed by atoms with van der Waals surface area (Å²) >= 11 is 0. The molecular weight excluding hydrogens is 524 g/mol. The Labute approximate surface area is 253 Å².